The topological polar surface area (TPSA) is 42.9 Å². The Hall–Kier alpha value is -1.59. The van der Waals surface area contributed by atoms with Crippen LogP contribution in [-0.2, 0) is 0 Å². The molecule has 2 aromatic rings. The van der Waals surface area contributed by atoms with Gasteiger partial charge in [-0.05, 0) is 23.7 Å². The molecular weight excluding hydrogens is 285 g/mol. The molecule has 1 heterocycles. The first-order chi connectivity index (χ1) is 8.50. The van der Waals surface area contributed by atoms with Crippen molar-refractivity contribution in [1.29, 1.82) is 0 Å². The molecule has 0 aliphatic rings. The maximum absolute atomic E-state index is 13.4. The van der Waals surface area contributed by atoms with Gasteiger partial charge in [0.1, 0.15) is 16.8 Å². The van der Waals surface area contributed by atoms with Gasteiger partial charge >= 0.3 is 0 Å². The molecule has 0 saturated carbocycles. The molecule has 3 nitrogen and oxygen atoms in total. The van der Waals surface area contributed by atoms with Crippen molar-refractivity contribution in [2.75, 3.05) is 0 Å². The lowest BCUT2D eigenvalue weighted by Gasteiger charge is -2.05. The monoisotopic (exact) mass is 288 g/mol. The van der Waals surface area contributed by atoms with E-state index in [2.05, 4.69) is 9.97 Å². The van der Waals surface area contributed by atoms with Crippen LogP contribution in [0.3, 0.4) is 0 Å². The summed E-state index contributed by atoms with van der Waals surface area (Å²) >= 11 is 11.1. The lowest BCUT2D eigenvalue weighted by Crippen LogP contribution is -2.09. The molecule has 2 rings (SSSR count). The van der Waals surface area contributed by atoms with Gasteiger partial charge in [-0.1, -0.05) is 17.7 Å². The van der Waals surface area contributed by atoms with Crippen molar-refractivity contribution in [2.24, 2.45) is 0 Å². The van der Waals surface area contributed by atoms with Crippen LogP contribution >= 0.6 is 23.2 Å². The molecule has 18 heavy (non-hydrogen) atoms. The van der Waals surface area contributed by atoms with E-state index in [9.17, 15) is 13.6 Å². The summed E-state index contributed by atoms with van der Waals surface area (Å²) < 4.78 is 26.9. The third-order valence-corrected chi connectivity index (χ3v) is 2.62. The highest BCUT2D eigenvalue weighted by Crippen LogP contribution is 2.21. The first kappa shape index (κ1) is 12.9. The molecule has 0 aliphatic heterocycles. The summed E-state index contributed by atoms with van der Waals surface area (Å²) in [6.45, 7) is 0. The Labute approximate surface area is 110 Å². The summed E-state index contributed by atoms with van der Waals surface area (Å²) in [5, 5.41) is -0.423. The van der Waals surface area contributed by atoms with Gasteiger partial charge < -0.3 is 0 Å². The summed E-state index contributed by atoms with van der Waals surface area (Å²) in [6, 6.07) is 3.10. The molecule has 1 aromatic heterocycles. The van der Waals surface area contributed by atoms with Crippen molar-refractivity contribution >= 4 is 29.0 Å². The number of aromatic nitrogens is 2. The summed E-state index contributed by atoms with van der Waals surface area (Å²) in [7, 11) is 0. The van der Waals surface area contributed by atoms with Crippen LogP contribution in [0.1, 0.15) is 15.9 Å². The second-order valence-electron chi connectivity index (χ2n) is 3.27. The van der Waals surface area contributed by atoms with Crippen LogP contribution in [0.4, 0.5) is 8.78 Å². The average molecular weight is 289 g/mol. The minimum atomic E-state index is -0.981. The largest absolute Gasteiger partial charge is 0.288 e. The smallest absolute Gasteiger partial charge is 0.223 e. The number of ketones is 1. The minimum absolute atomic E-state index is 0.162. The quantitative estimate of drug-likeness (QED) is 0.484. The number of hydrogen-bond donors (Lipinski definition) is 0. The Bertz CT molecular complexity index is 614. The normalized spacial score (nSPS) is 10.4. The van der Waals surface area contributed by atoms with Gasteiger partial charge in [0.15, 0.2) is 0 Å². The fourth-order valence-corrected chi connectivity index (χ4v) is 1.73. The van der Waals surface area contributed by atoms with E-state index in [0.29, 0.717) is 0 Å². The van der Waals surface area contributed by atoms with Crippen LogP contribution in [0.2, 0.25) is 10.4 Å². The molecule has 0 N–H and O–H groups in total. The Morgan fingerprint density at radius 2 is 1.78 bits per heavy atom. The maximum Gasteiger partial charge on any atom is 0.223 e. The standard InChI is InChI=1S/C11H4Cl2F2N2O/c12-10-5(4-16-11(13)17-10)9(18)8-6(14)2-1-3-7(8)15/h1-4H. The zero-order chi connectivity index (χ0) is 13.3. The van der Waals surface area contributed by atoms with Gasteiger partial charge in [0.05, 0.1) is 11.1 Å². The van der Waals surface area contributed by atoms with Crippen LogP contribution in [-0.4, -0.2) is 15.8 Å². The predicted molar refractivity (Wildman–Crippen MR) is 61.8 cm³/mol. The van der Waals surface area contributed by atoms with Crippen molar-refractivity contribution in [2.45, 2.75) is 0 Å². The predicted octanol–water partition coefficient (Wildman–Crippen LogP) is 3.29. The molecule has 0 fully saturated rings. The van der Waals surface area contributed by atoms with E-state index in [4.69, 9.17) is 23.2 Å². The highest BCUT2D eigenvalue weighted by Gasteiger charge is 2.22. The summed E-state index contributed by atoms with van der Waals surface area (Å²) in [4.78, 5) is 19.0. The van der Waals surface area contributed by atoms with Gasteiger partial charge in [0.25, 0.3) is 0 Å². The van der Waals surface area contributed by atoms with Crippen LogP contribution < -0.4 is 0 Å². The number of nitrogens with zero attached hydrogens (tertiary/aromatic N) is 2. The van der Waals surface area contributed by atoms with Crippen molar-refractivity contribution in [3.8, 4) is 0 Å². The molecule has 0 saturated heterocycles. The highest BCUT2D eigenvalue weighted by atomic mass is 35.5. The van der Waals surface area contributed by atoms with Gasteiger partial charge in [0, 0.05) is 6.20 Å². The number of carbonyl (C=O) groups is 1. The molecule has 7 heteroatoms. The Kier molecular flexibility index (Phi) is 3.54. The summed E-state index contributed by atoms with van der Waals surface area (Å²) in [5.41, 5.74) is -0.921. The maximum atomic E-state index is 13.4. The fourth-order valence-electron chi connectivity index (χ4n) is 1.34. The minimum Gasteiger partial charge on any atom is -0.288 e. The third-order valence-electron chi connectivity index (χ3n) is 2.15. The molecule has 0 aliphatic carbocycles. The van der Waals surface area contributed by atoms with Crippen LogP contribution in [0.5, 0.6) is 0 Å². The highest BCUT2D eigenvalue weighted by molar-refractivity contribution is 6.35. The number of hydrogen-bond acceptors (Lipinski definition) is 3. The lowest BCUT2D eigenvalue weighted by atomic mass is 10.1. The second-order valence-corrected chi connectivity index (χ2v) is 3.97. The second kappa shape index (κ2) is 4.96. The van der Waals surface area contributed by atoms with Crippen LogP contribution in [0, 0.1) is 11.6 Å². The van der Waals surface area contributed by atoms with Gasteiger partial charge in [-0.3, -0.25) is 4.79 Å². The molecule has 0 radical (unpaired) electrons. The fraction of sp³-hybridized carbons (Fsp3) is 0. The molecule has 0 amide bonds. The van der Waals surface area contributed by atoms with Crippen molar-refractivity contribution in [3.63, 3.8) is 0 Å². The average Bonchev–Trinajstić information content (AvgIpc) is 2.28. The summed E-state index contributed by atoms with van der Waals surface area (Å²) in [6.07, 6.45) is 1.02. The number of benzene rings is 1. The molecule has 0 atom stereocenters. The van der Waals surface area contributed by atoms with Crippen molar-refractivity contribution in [1.82, 2.24) is 9.97 Å². The van der Waals surface area contributed by atoms with E-state index in [1.807, 2.05) is 0 Å². The zero-order valence-corrected chi connectivity index (χ0v) is 10.1. The van der Waals surface area contributed by atoms with Crippen molar-refractivity contribution < 1.29 is 13.6 Å². The number of rotatable bonds is 2. The molecule has 92 valence electrons. The SMILES string of the molecule is O=C(c1cnc(Cl)nc1Cl)c1c(F)cccc1F. The van der Waals surface area contributed by atoms with E-state index >= 15 is 0 Å². The zero-order valence-electron chi connectivity index (χ0n) is 8.62. The Morgan fingerprint density at radius 1 is 1.17 bits per heavy atom. The van der Waals surface area contributed by atoms with E-state index in [1.165, 1.54) is 0 Å². The molecule has 0 unspecified atom stereocenters. The van der Waals surface area contributed by atoms with E-state index in [0.717, 1.165) is 24.4 Å². The van der Waals surface area contributed by atoms with E-state index in [1.54, 1.807) is 0 Å². The van der Waals surface area contributed by atoms with Gasteiger partial charge in [-0.15, -0.1) is 0 Å². The lowest BCUT2D eigenvalue weighted by molar-refractivity contribution is 0.103. The first-order valence-electron chi connectivity index (χ1n) is 4.67. The number of halogens is 4. The van der Waals surface area contributed by atoms with Crippen LogP contribution in [0.25, 0.3) is 0 Å². The van der Waals surface area contributed by atoms with E-state index < -0.39 is 23.0 Å². The van der Waals surface area contributed by atoms with Crippen molar-refractivity contribution in [3.05, 3.63) is 57.6 Å². The van der Waals surface area contributed by atoms with Gasteiger partial charge in [-0.25, -0.2) is 18.7 Å². The summed E-state index contributed by atoms with van der Waals surface area (Å²) in [5.74, 6) is -2.90. The molecule has 1 aromatic carbocycles. The Balaban J connectivity index is 2.55. The van der Waals surface area contributed by atoms with E-state index in [-0.39, 0.29) is 16.0 Å². The number of carbonyl (C=O) groups excluding carboxylic acids is 1. The molecule has 0 spiro atoms. The molecule has 0 bridgehead atoms. The van der Waals surface area contributed by atoms with Gasteiger partial charge in [-0.2, -0.15) is 0 Å². The van der Waals surface area contributed by atoms with Crippen LogP contribution in [0.15, 0.2) is 24.4 Å². The first-order valence-corrected chi connectivity index (χ1v) is 5.43. The third kappa shape index (κ3) is 2.32. The molecular formula is C11H4Cl2F2N2O. The van der Waals surface area contributed by atoms with Gasteiger partial charge in [0.2, 0.25) is 11.1 Å². The Morgan fingerprint density at radius 3 is 2.33 bits per heavy atom.